The molecule has 6 heteroatoms. The van der Waals surface area contributed by atoms with Crippen molar-refractivity contribution in [2.24, 2.45) is 0 Å². The maximum atomic E-state index is 4.60. The van der Waals surface area contributed by atoms with Crippen molar-refractivity contribution in [1.29, 1.82) is 0 Å². The second-order valence-electron chi connectivity index (χ2n) is 7.70. The zero-order chi connectivity index (χ0) is 21.1. The molecule has 0 N–H and O–H groups in total. The van der Waals surface area contributed by atoms with Gasteiger partial charge in [-0.1, -0.05) is 42.5 Å². The van der Waals surface area contributed by atoms with Crippen molar-refractivity contribution in [3.63, 3.8) is 0 Å². The lowest BCUT2D eigenvalue weighted by Crippen LogP contribution is -1.98. The Balaban J connectivity index is 1.77. The highest BCUT2D eigenvalue weighted by Gasteiger charge is 2.20. The number of aromatic nitrogens is 6. The molecule has 0 atom stereocenters. The Bertz CT molecular complexity index is 1760. The minimum Gasteiger partial charge on any atom is -0.294 e. The average Bonchev–Trinajstić information content (AvgIpc) is 3.38. The summed E-state index contributed by atoms with van der Waals surface area (Å²) in [5.41, 5.74) is 4.45. The Labute approximate surface area is 182 Å². The van der Waals surface area contributed by atoms with Crippen LogP contribution in [0.25, 0.3) is 55.2 Å². The van der Waals surface area contributed by atoms with Crippen LogP contribution in [-0.4, -0.2) is 29.1 Å². The SMILES string of the molecule is c1ccc2c(c1)c1c(ccc3c4ccccc4n(-c4ccncn4)c31)n2-c1ccncn1. The van der Waals surface area contributed by atoms with Crippen molar-refractivity contribution in [3.8, 4) is 11.6 Å². The summed E-state index contributed by atoms with van der Waals surface area (Å²) in [7, 11) is 0. The highest BCUT2D eigenvalue weighted by molar-refractivity contribution is 6.26. The van der Waals surface area contributed by atoms with Crippen LogP contribution in [0.2, 0.25) is 0 Å². The quantitative estimate of drug-likeness (QED) is 0.378. The van der Waals surface area contributed by atoms with Crippen LogP contribution in [0.1, 0.15) is 0 Å². The van der Waals surface area contributed by atoms with E-state index in [0.29, 0.717) is 0 Å². The van der Waals surface area contributed by atoms with Gasteiger partial charge in [-0.3, -0.25) is 9.13 Å². The van der Waals surface area contributed by atoms with Gasteiger partial charge in [0.1, 0.15) is 24.3 Å². The molecule has 7 aromatic rings. The zero-order valence-electron chi connectivity index (χ0n) is 16.9. The molecule has 0 spiro atoms. The molecule has 0 saturated heterocycles. The van der Waals surface area contributed by atoms with Crippen LogP contribution in [0.15, 0.2) is 97.8 Å². The predicted octanol–water partition coefficient (Wildman–Crippen LogP) is 5.46. The molecule has 0 bridgehead atoms. The zero-order valence-corrected chi connectivity index (χ0v) is 16.9. The fraction of sp³-hybridized carbons (Fsp3) is 0. The molecular weight excluding hydrogens is 396 g/mol. The molecule has 0 aliphatic rings. The molecule has 3 aromatic carbocycles. The number of hydrogen-bond donors (Lipinski definition) is 0. The molecule has 0 aliphatic heterocycles. The summed E-state index contributed by atoms with van der Waals surface area (Å²) in [6.45, 7) is 0. The molecule has 0 aliphatic carbocycles. The van der Waals surface area contributed by atoms with Gasteiger partial charge in [0, 0.05) is 33.9 Å². The van der Waals surface area contributed by atoms with E-state index < -0.39 is 0 Å². The Morgan fingerprint density at radius 1 is 0.500 bits per heavy atom. The summed E-state index contributed by atoms with van der Waals surface area (Å²) < 4.78 is 4.44. The van der Waals surface area contributed by atoms with Gasteiger partial charge in [-0.05, 0) is 30.3 Å². The number of para-hydroxylation sites is 2. The number of hydrogen-bond acceptors (Lipinski definition) is 4. The molecule has 0 radical (unpaired) electrons. The number of benzene rings is 3. The molecular formula is C26H16N6. The molecule has 0 unspecified atom stereocenters. The molecule has 4 aromatic heterocycles. The fourth-order valence-electron chi connectivity index (χ4n) is 4.83. The lowest BCUT2D eigenvalue weighted by atomic mass is 10.1. The molecule has 32 heavy (non-hydrogen) atoms. The topological polar surface area (TPSA) is 61.4 Å². The van der Waals surface area contributed by atoms with Gasteiger partial charge in [-0.25, -0.2) is 19.9 Å². The van der Waals surface area contributed by atoms with Crippen molar-refractivity contribution in [1.82, 2.24) is 29.1 Å². The minimum atomic E-state index is 0.843. The highest BCUT2D eigenvalue weighted by Crippen LogP contribution is 2.41. The Morgan fingerprint density at radius 3 is 1.81 bits per heavy atom. The van der Waals surface area contributed by atoms with Crippen molar-refractivity contribution >= 4 is 43.6 Å². The summed E-state index contributed by atoms with van der Waals surface area (Å²) in [6.07, 6.45) is 6.75. The largest absolute Gasteiger partial charge is 0.294 e. The standard InChI is InChI=1S/C26H16N6/c1-3-7-20-17(5-1)18-9-10-22-25(26(18)32(20)24-12-14-28-16-30-24)19-6-2-4-8-21(19)31(22)23-11-13-27-15-29-23/h1-16H. The molecule has 4 heterocycles. The van der Waals surface area contributed by atoms with E-state index in [1.54, 1.807) is 25.0 Å². The smallest absolute Gasteiger partial charge is 0.140 e. The lowest BCUT2D eigenvalue weighted by Gasteiger charge is -2.08. The third kappa shape index (κ3) is 2.23. The average molecular weight is 412 g/mol. The van der Waals surface area contributed by atoms with E-state index in [-0.39, 0.29) is 0 Å². The van der Waals surface area contributed by atoms with E-state index in [0.717, 1.165) is 33.7 Å². The maximum Gasteiger partial charge on any atom is 0.140 e. The van der Waals surface area contributed by atoms with Crippen LogP contribution < -0.4 is 0 Å². The molecule has 7 rings (SSSR count). The van der Waals surface area contributed by atoms with Crippen LogP contribution in [-0.2, 0) is 0 Å². The van der Waals surface area contributed by atoms with Gasteiger partial charge < -0.3 is 0 Å². The minimum absolute atomic E-state index is 0.843. The first-order valence-electron chi connectivity index (χ1n) is 10.4. The third-order valence-corrected chi connectivity index (χ3v) is 6.06. The Kier molecular flexibility index (Phi) is 3.46. The first kappa shape index (κ1) is 17.1. The monoisotopic (exact) mass is 412 g/mol. The molecule has 6 nitrogen and oxygen atoms in total. The van der Waals surface area contributed by atoms with E-state index >= 15 is 0 Å². The van der Waals surface area contributed by atoms with E-state index in [4.69, 9.17) is 0 Å². The van der Waals surface area contributed by atoms with Gasteiger partial charge in [0.05, 0.1) is 22.1 Å². The Morgan fingerprint density at radius 2 is 1.12 bits per heavy atom. The van der Waals surface area contributed by atoms with E-state index in [1.807, 2.05) is 12.1 Å². The van der Waals surface area contributed by atoms with Crippen molar-refractivity contribution in [2.75, 3.05) is 0 Å². The predicted molar refractivity (Wildman–Crippen MR) is 126 cm³/mol. The van der Waals surface area contributed by atoms with E-state index in [9.17, 15) is 0 Å². The van der Waals surface area contributed by atoms with Crippen molar-refractivity contribution < 1.29 is 0 Å². The number of rotatable bonds is 2. The third-order valence-electron chi connectivity index (χ3n) is 6.06. The van der Waals surface area contributed by atoms with Gasteiger partial charge in [-0.2, -0.15) is 0 Å². The molecule has 0 saturated carbocycles. The summed E-state index contributed by atoms with van der Waals surface area (Å²) in [6, 6.07) is 25.2. The van der Waals surface area contributed by atoms with E-state index in [1.165, 1.54) is 21.5 Å². The maximum absolute atomic E-state index is 4.60. The molecule has 150 valence electrons. The summed E-state index contributed by atoms with van der Waals surface area (Å²) >= 11 is 0. The van der Waals surface area contributed by atoms with Crippen molar-refractivity contribution in [3.05, 3.63) is 97.8 Å². The van der Waals surface area contributed by atoms with Gasteiger partial charge in [0.2, 0.25) is 0 Å². The van der Waals surface area contributed by atoms with Gasteiger partial charge in [0.25, 0.3) is 0 Å². The van der Waals surface area contributed by atoms with Crippen LogP contribution >= 0.6 is 0 Å². The van der Waals surface area contributed by atoms with Gasteiger partial charge in [0.15, 0.2) is 0 Å². The first-order chi connectivity index (χ1) is 15.9. The second kappa shape index (κ2) is 6.46. The summed E-state index contributed by atoms with van der Waals surface area (Å²) in [5, 5.41) is 4.73. The fourth-order valence-corrected chi connectivity index (χ4v) is 4.83. The number of nitrogens with zero attached hydrogens (tertiary/aromatic N) is 6. The van der Waals surface area contributed by atoms with Crippen LogP contribution in [0.3, 0.4) is 0 Å². The van der Waals surface area contributed by atoms with Crippen LogP contribution in [0.4, 0.5) is 0 Å². The van der Waals surface area contributed by atoms with Crippen LogP contribution in [0, 0.1) is 0 Å². The van der Waals surface area contributed by atoms with Gasteiger partial charge in [-0.15, -0.1) is 0 Å². The normalized spacial score (nSPS) is 11.8. The Hall–Kier alpha value is -4.58. The van der Waals surface area contributed by atoms with Crippen molar-refractivity contribution in [2.45, 2.75) is 0 Å². The van der Waals surface area contributed by atoms with Gasteiger partial charge >= 0.3 is 0 Å². The molecule has 0 fully saturated rings. The van der Waals surface area contributed by atoms with E-state index in [2.05, 4.69) is 89.7 Å². The summed E-state index contributed by atoms with van der Waals surface area (Å²) in [4.78, 5) is 17.4. The molecule has 0 amide bonds. The highest BCUT2D eigenvalue weighted by atomic mass is 15.1. The lowest BCUT2D eigenvalue weighted by molar-refractivity contribution is 1.03. The first-order valence-corrected chi connectivity index (χ1v) is 10.4. The van der Waals surface area contributed by atoms with Crippen LogP contribution in [0.5, 0.6) is 0 Å². The second-order valence-corrected chi connectivity index (χ2v) is 7.70. The summed E-state index contributed by atoms with van der Waals surface area (Å²) in [5.74, 6) is 1.69. The number of fused-ring (bicyclic) bond motifs is 7.